The fourth-order valence-corrected chi connectivity index (χ4v) is 4.28. The number of nitrogens with zero attached hydrogens (tertiary/aromatic N) is 4. The second kappa shape index (κ2) is 7.81. The summed E-state index contributed by atoms with van der Waals surface area (Å²) in [5, 5.41) is 2.05. The molecule has 1 aliphatic heterocycles. The molecule has 0 saturated heterocycles. The lowest BCUT2D eigenvalue weighted by Crippen LogP contribution is -2.31. The van der Waals surface area contributed by atoms with Crippen molar-refractivity contribution in [2.24, 2.45) is 0 Å². The Morgan fingerprint density at radius 3 is 2.72 bits per heavy atom. The van der Waals surface area contributed by atoms with Crippen LogP contribution in [0.2, 0.25) is 0 Å². The summed E-state index contributed by atoms with van der Waals surface area (Å²) < 4.78 is 13.2. The maximum Gasteiger partial charge on any atom is 0.169 e. The first kappa shape index (κ1) is 18.1. The number of hydrogen-bond acceptors (Lipinski definition) is 5. The van der Waals surface area contributed by atoms with Gasteiger partial charge in [0.15, 0.2) is 5.82 Å². The van der Waals surface area contributed by atoms with Crippen molar-refractivity contribution >= 4 is 11.3 Å². The molecule has 3 aromatic heterocycles. The Morgan fingerprint density at radius 2 is 1.90 bits per heavy atom. The van der Waals surface area contributed by atoms with Crippen molar-refractivity contribution in [3.63, 3.8) is 0 Å². The number of fused-ring (bicyclic) bond motifs is 1. The van der Waals surface area contributed by atoms with Crippen molar-refractivity contribution in [2.75, 3.05) is 6.54 Å². The van der Waals surface area contributed by atoms with E-state index >= 15 is 0 Å². The van der Waals surface area contributed by atoms with Crippen molar-refractivity contribution in [1.82, 2.24) is 19.9 Å². The molecule has 5 rings (SSSR count). The van der Waals surface area contributed by atoms with E-state index in [1.165, 1.54) is 17.7 Å². The molecular weight excluding hydrogens is 383 g/mol. The van der Waals surface area contributed by atoms with E-state index < -0.39 is 0 Å². The van der Waals surface area contributed by atoms with Gasteiger partial charge in [-0.3, -0.25) is 9.88 Å². The van der Waals surface area contributed by atoms with Gasteiger partial charge in [0.05, 0.1) is 22.0 Å². The molecule has 0 amide bonds. The Kier molecular flexibility index (Phi) is 4.87. The van der Waals surface area contributed by atoms with Crippen LogP contribution in [-0.2, 0) is 19.5 Å². The standard InChI is InChI=1S/C23H19FN4S/c24-18-8-6-16(7-9-18)20-4-1-3-19(26-20)15-28-11-10-21-17(14-28)13-25-23(27-21)22-5-2-12-29-22/h1-9,12-13H,10-11,14-15H2. The minimum Gasteiger partial charge on any atom is -0.293 e. The van der Waals surface area contributed by atoms with Gasteiger partial charge in [-0.1, -0.05) is 12.1 Å². The number of rotatable bonds is 4. The van der Waals surface area contributed by atoms with E-state index in [2.05, 4.69) is 16.0 Å². The molecule has 0 unspecified atom stereocenters. The zero-order valence-corrected chi connectivity index (χ0v) is 16.6. The van der Waals surface area contributed by atoms with Crippen LogP contribution < -0.4 is 0 Å². The Labute approximate surface area is 172 Å². The quantitative estimate of drug-likeness (QED) is 0.484. The van der Waals surface area contributed by atoms with Gasteiger partial charge in [-0.25, -0.2) is 14.4 Å². The van der Waals surface area contributed by atoms with Crippen LogP contribution in [0.3, 0.4) is 0 Å². The van der Waals surface area contributed by atoms with Gasteiger partial charge in [0.2, 0.25) is 0 Å². The smallest absolute Gasteiger partial charge is 0.169 e. The zero-order chi connectivity index (χ0) is 19.6. The molecule has 1 aliphatic rings. The first-order chi connectivity index (χ1) is 14.2. The summed E-state index contributed by atoms with van der Waals surface area (Å²) in [4.78, 5) is 17.6. The van der Waals surface area contributed by atoms with Crippen LogP contribution >= 0.6 is 11.3 Å². The highest BCUT2D eigenvalue weighted by atomic mass is 32.1. The average Bonchev–Trinajstić information content (AvgIpc) is 3.29. The highest BCUT2D eigenvalue weighted by molar-refractivity contribution is 7.13. The third kappa shape index (κ3) is 3.95. The number of aromatic nitrogens is 3. The summed E-state index contributed by atoms with van der Waals surface area (Å²) >= 11 is 1.66. The molecule has 1 aromatic carbocycles. The molecule has 29 heavy (non-hydrogen) atoms. The number of thiophene rings is 1. The first-order valence-electron chi connectivity index (χ1n) is 9.57. The Balaban J connectivity index is 1.31. The van der Waals surface area contributed by atoms with E-state index in [0.29, 0.717) is 0 Å². The average molecular weight is 402 g/mol. The van der Waals surface area contributed by atoms with E-state index in [9.17, 15) is 4.39 Å². The van der Waals surface area contributed by atoms with Gasteiger partial charge in [0, 0.05) is 43.4 Å². The largest absolute Gasteiger partial charge is 0.293 e. The summed E-state index contributed by atoms with van der Waals surface area (Å²) in [5.74, 6) is 0.585. The third-order valence-corrected chi connectivity index (χ3v) is 5.95. The SMILES string of the molecule is Fc1ccc(-c2cccc(CN3CCc4nc(-c5cccs5)ncc4C3)n2)cc1. The predicted molar refractivity (Wildman–Crippen MR) is 113 cm³/mol. The fraction of sp³-hybridized carbons (Fsp3) is 0.174. The number of hydrogen-bond donors (Lipinski definition) is 0. The molecule has 0 radical (unpaired) electrons. The Morgan fingerprint density at radius 1 is 1.00 bits per heavy atom. The fourth-order valence-electron chi connectivity index (χ4n) is 3.61. The molecule has 0 bridgehead atoms. The van der Waals surface area contributed by atoms with Gasteiger partial charge in [-0.2, -0.15) is 0 Å². The van der Waals surface area contributed by atoms with Crippen molar-refractivity contribution < 1.29 is 4.39 Å². The first-order valence-corrected chi connectivity index (χ1v) is 10.5. The van der Waals surface area contributed by atoms with Crippen molar-refractivity contribution in [3.8, 4) is 22.0 Å². The Hall–Kier alpha value is -2.96. The second-order valence-corrected chi connectivity index (χ2v) is 8.07. The van der Waals surface area contributed by atoms with Crippen molar-refractivity contribution in [2.45, 2.75) is 19.5 Å². The Bertz CT molecular complexity index is 1130. The summed E-state index contributed by atoms with van der Waals surface area (Å²) in [5.41, 5.74) is 5.13. The van der Waals surface area contributed by atoms with Crippen LogP contribution in [-0.4, -0.2) is 26.4 Å². The van der Waals surface area contributed by atoms with Crippen molar-refractivity contribution in [3.05, 3.63) is 88.9 Å². The van der Waals surface area contributed by atoms with E-state index in [0.717, 1.165) is 59.4 Å². The van der Waals surface area contributed by atoms with Crippen LogP contribution in [0.4, 0.5) is 4.39 Å². The zero-order valence-electron chi connectivity index (χ0n) is 15.8. The molecule has 6 heteroatoms. The lowest BCUT2D eigenvalue weighted by atomic mass is 10.1. The highest BCUT2D eigenvalue weighted by Gasteiger charge is 2.19. The van der Waals surface area contributed by atoms with Crippen LogP contribution in [0.5, 0.6) is 0 Å². The number of halogens is 1. The van der Waals surface area contributed by atoms with Gasteiger partial charge < -0.3 is 0 Å². The second-order valence-electron chi connectivity index (χ2n) is 7.12. The van der Waals surface area contributed by atoms with E-state index in [-0.39, 0.29) is 5.82 Å². The minimum absolute atomic E-state index is 0.235. The lowest BCUT2D eigenvalue weighted by Gasteiger charge is -2.27. The monoisotopic (exact) mass is 402 g/mol. The predicted octanol–water partition coefficient (Wildman–Crippen LogP) is 4.96. The molecule has 4 heterocycles. The third-order valence-electron chi connectivity index (χ3n) is 5.09. The summed E-state index contributed by atoms with van der Waals surface area (Å²) in [7, 11) is 0. The van der Waals surface area contributed by atoms with Crippen LogP contribution in [0.1, 0.15) is 17.0 Å². The molecule has 0 fully saturated rings. The molecule has 144 valence electrons. The van der Waals surface area contributed by atoms with E-state index in [1.807, 2.05) is 35.8 Å². The maximum absolute atomic E-state index is 13.2. The summed E-state index contributed by atoms with van der Waals surface area (Å²) in [6.07, 6.45) is 2.87. The van der Waals surface area contributed by atoms with Crippen LogP contribution in [0.15, 0.2) is 66.2 Å². The molecule has 0 N–H and O–H groups in total. The van der Waals surface area contributed by atoms with E-state index in [4.69, 9.17) is 9.97 Å². The molecule has 4 aromatic rings. The molecule has 0 atom stereocenters. The van der Waals surface area contributed by atoms with Crippen LogP contribution in [0.25, 0.3) is 22.0 Å². The number of pyridine rings is 1. The van der Waals surface area contributed by atoms with E-state index in [1.54, 1.807) is 23.5 Å². The highest BCUT2D eigenvalue weighted by Crippen LogP contribution is 2.25. The summed E-state index contributed by atoms with van der Waals surface area (Å²) in [6.45, 7) is 2.53. The number of benzene rings is 1. The molecule has 4 nitrogen and oxygen atoms in total. The van der Waals surface area contributed by atoms with Gasteiger partial charge in [0.25, 0.3) is 0 Å². The van der Waals surface area contributed by atoms with Gasteiger partial charge in [0.1, 0.15) is 5.82 Å². The van der Waals surface area contributed by atoms with Gasteiger partial charge in [-0.15, -0.1) is 11.3 Å². The molecule has 0 aliphatic carbocycles. The van der Waals surface area contributed by atoms with Crippen molar-refractivity contribution in [1.29, 1.82) is 0 Å². The molecule has 0 spiro atoms. The molecule has 0 saturated carbocycles. The maximum atomic E-state index is 13.2. The lowest BCUT2D eigenvalue weighted by molar-refractivity contribution is 0.240. The summed E-state index contributed by atoms with van der Waals surface area (Å²) in [6, 6.07) is 16.6. The van der Waals surface area contributed by atoms with Gasteiger partial charge >= 0.3 is 0 Å². The normalized spacial score (nSPS) is 14.0. The van der Waals surface area contributed by atoms with Crippen LogP contribution in [0, 0.1) is 5.82 Å². The molecular formula is C23H19FN4S. The topological polar surface area (TPSA) is 41.9 Å². The minimum atomic E-state index is -0.235. The van der Waals surface area contributed by atoms with Gasteiger partial charge in [-0.05, 0) is 47.8 Å².